The zero-order valence-corrected chi connectivity index (χ0v) is 24.6. The Morgan fingerprint density at radius 1 is 0.636 bits per heavy atom. The minimum atomic E-state index is 0.214. The summed E-state index contributed by atoms with van der Waals surface area (Å²) in [6.45, 7) is 0.214. The van der Waals surface area contributed by atoms with E-state index in [1.54, 1.807) is 33.2 Å². The summed E-state index contributed by atoms with van der Waals surface area (Å²) >= 11 is 0. The standard InChI is InChI=1S/C38H30BN5/c1-3-25-4-2-6-29-38-34-37(28(5-1)42(25)29)43-35-23(17-40-43)15-26-19-7-11-21(12-8-19)30(26)32(35)39(34)33-31-22-13-9-20(10-14-22)27(31)16-24-18-41-44(38)36(24)33/h1-6,15-22H,7-14H2. The van der Waals surface area contributed by atoms with Crippen LogP contribution >= 0.6 is 0 Å². The van der Waals surface area contributed by atoms with Gasteiger partial charge < -0.3 is 4.90 Å². The molecular formula is C38H30BN5. The van der Waals surface area contributed by atoms with Crippen molar-refractivity contribution in [2.45, 2.75) is 75.0 Å². The highest BCUT2D eigenvalue weighted by molar-refractivity contribution is 6.97. The van der Waals surface area contributed by atoms with Crippen LogP contribution in [0.2, 0.25) is 0 Å². The van der Waals surface area contributed by atoms with Gasteiger partial charge in [-0.3, -0.25) is 0 Å². The van der Waals surface area contributed by atoms with Crippen LogP contribution in [0.1, 0.15) is 97.3 Å². The van der Waals surface area contributed by atoms with Gasteiger partial charge in [-0.2, -0.15) is 10.2 Å². The molecule has 7 heterocycles. The lowest BCUT2D eigenvalue weighted by Crippen LogP contribution is -2.57. The minimum Gasteiger partial charge on any atom is -0.306 e. The molecule has 4 aromatic rings. The fourth-order valence-electron chi connectivity index (χ4n) is 11.6. The van der Waals surface area contributed by atoms with Gasteiger partial charge in [0, 0.05) is 16.5 Å². The Hall–Kier alpha value is -4.32. The Kier molecular flexibility index (Phi) is 3.61. The minimum absolute atomic E-state index is 0.214. The maximum atomic E-state index is 5.26. The second kappa shape index (κ2) is 7.15. The summed E-state index contributed by atoms with van der Waals surface area (Å²) in [6, 6.07) is 5.11. The van der Waals surface area contributed by atoms with Crippen molar-refractivity contribution in [2.24, 2.45) is 0 Å². The van der Waals surface area contributed by atoms with Gasteiger partial charge in [0.2, 0.25) is 0 Å². The topological polar surface area (TPSA) is 38.9 Å². The van der Waals surface area contributed by atoms with E-state index in [1.165, 1.54) is 107 Å². The summed E-state index contributed by atoms with van der Waals surface area (Å²) in [5.41, 5.74) is 20.3. The van der Waals surface area contributed by atoms with Crippen LogP contribution in [0.4, 0.5) is 0 Å². The van der Waals surface area contributed by atoms with Crippen molar-refractivity contribution in [3.05, 3.63) is 106 Å². The average molecular weight is 568 g/mol. The Balaban J connectivity index is 1.28. The van der Waals surface area contributed by atoms with Gasteiger partial charge in [-0.15, -0.1) is 0 Å². The average Bonchev–Trinajstić information content (AvgIpc) is 3.71. The molecule has 2 saturated carbocycles. The van der Waals surface area contributed by atoms with Gasteiger partial charge in [0.25, 0.3) is 6.71 Å². The van der Waals surface area contributed by atoms with E-state index in [9.17, 15) is 0 Å². The zero-order chi connectivity index (χ0) is 28.0. The molecule has 2 aromatic heterocycles. The molecule has 0 N–H and O–H groups in total. The summed E-state index contributed by atoms with van der Waals surface area (Å²) in [7, 11) is 0. The molecule has 11 aliphatic rings. The molecule has 5 aliphatic heterocycles. The Morgan fingerprint density at radius 3 is 1.84 bits per heavy atom. The lowest BCUT2D eigenvalue weighted by molar-refractivity contribution is 0.360. The largest absolute Gasteiger partial charge is 0.306 e. The fraction of sp³-hybridized carbons (Fsp3) is 0.316. The normalized spacial score (nSPS) is 28.9. The molecule has 2 fully saturated rings. The molecule has 210 valence electrons. The highest BCUT2D eigenvalue weighted by Crippen LogP contribution is 2.56. The van der Waals surface area contributed by atoms with Crippen molar-refractivity contribution in [1.29, 1.82) is 0 Å². The second-order valence-electron chi connectivity index (χ2n) is 14.8. The molecule has 5 nitrogen and oxygen atoms in total. The summed E-state index contributed by atoms with van der Waals surface area (Å²) in [4.78, 5) is 2.46. The van der Waals surface area contributed by atoms with E-state index in [2.05, 4.69) is 75.2 Å². The molecule has 6 heteroatoms. The van der Waals surface area contributed by atoms with E-state index in [0.717, 1.165) is 0 Å². The van der Waals surface area contributed by atoms with E-state index in [1.807, 2.05) is 0 Å². The fourth-order valence-corrected chi connectivity index (χ4v) is 11.6. The second-order valence-corrected chi connectivity index (χ2v) is 14.8. The zero-order valence-electron chi connectivity index (χ0n) is 24.6. The van der Waals surface area contributed by atoms with Crippen molar-refractivity contribution < 1.29 is 0 Å². The van der Waals surface area contributed by atoms with Crippen LogP contribution in [0.3, 0.4) is 0 Å². The van der Waals surface area contributed by atoms with Crippen LogP contribution in [0.25, 0.3) is 33.2 Å². The third-order valence-electron chi connectivity index (χ3n) is 13.1. The van der Waals surface area contributed by atoms with Gasteiger partial charge in [-0.1, -0.05) is 12.2 Å². The van der Waals surface area contributed by atoms with Crippen LogP contribution in [-0.2, 0) is 0 Å². The van der Waals surface area contributed by atoms with Crippen LogP contribution in [0.5, 0.6) is 0 Å². The number of aromatic nitrogens is 4. The Bertz CT molecular complexity index is 2320. The molecule has 6 aliphatic carbocycles. The molecular weight excluding hydrogens is 537 g/mol. The first kappa shape index (κ1) is 22.2. The molecule has 0 unspecified atom stereocenters. The van der Waals surface area contributed by atoms with Crippen molar-refractivity contribution in [2.75, 3.05) is 0 Å². The van der Waals surface area contributed by atoms with Crippen LogP contribution in [-0.4, -0.2) is 31.2 Å². The van der Waals surface area contributed by atoms with Gasteiger partial charge in [0.15, 0.2) is 0 Å². The first-order valence-corrected chi connectivity index (χ1v) is 17.0. The van der Waals surface area contributed by atoms with Crippen LogP contribution in [0, 0.1) is 0 Å². The lowest BCUT2D eigenvalue weighted by atomic mass is 9.30. The van der Waals surface area contributed by atoms with Crippen LogP contribution in [0.15, 0.2) is 83.5 Å². The predicted octanol–water partition coefficient (Wildman–Crippen LogP) is 6.67. The smallest absolute Gasteiger partial charge is 0.253 e. The van der Waals surface area contributed by atoms with Crippen LogP contribution < -0.4 is 10.9 Å². The van der Waals surface area contributed by atoms with E-state index in [4.69, 9.17) is 10.2 Å². The SMILES string of the molecule is C1=CC2=CC=CC3=C4C5=C(C(=C1)N23)n1ncc2cc3c(c(c21)B5c1c2c(cc5cnn4c15)C1CCC2CC1)C1CCC3CC1. The van der Waals surface area contributed by atoms with Gasteiger partial charge in [0.05, 0.1) is 46.2 Å². The Labute approximate surface area is 255 Å². The van der Waals surface area contributed by atoms with E-state index in [0.29, 0.717) is 23.7 Å². The summed E-state index contributed by atoms with van der Waals surface area (Å²) in [6.07, 6.45) is 28.7. The number of hydrogen-bond acceptors (Lipinski definition) is 3. The van der Waals surface area contributed by atoms with E-state index in [-0.39, 0.29) is 6.71 Å². The van der Waals surface area contributed by atoms with Crippen molar-refractivity contribution >= 4 is 50.8 Å². The number of rotatable bonds is 0. The van der Waals surface area contributed by atoms with Gasteiger partial charge in [-0.25, -0.2) is 9.36 Å². The number of fused-ring (bicyclic) bond motifs is 9. The summed E-state index contributed by atoms with van der Waals surface area (Å²) < 4.78 is 4.70. The maximum Gasteiger partial charge on any atom is 0.253 e. The van der Waals surface area contributed by atoms with Gasteiger partial charge >= 0.3 is 0 Å². The lowest BCUT2D eigenvalue weighted by Gasteiger charge is -2.48. The monoisotopic (exact) mass is 567 g/mol. The molecule has 4 bridgehead atoms. The third-order valence-corrected chi connectivity index (χ3v) is 13.1. The number of nitrogens with zero attached hydrogens (tertiary/aromatic N) is 5. The maximum absolute atomic E-state index is 5.26. The quantitative estimate of drug-likeness (QED) is 0.223. The van der Waals surface area contributed by atoms with Gasteiger partial charge in [-0.05, 0) is 150 Å². The highest BCUT2D eigenvalue weighted by Gasteiger charge is 2.52. The molecule has 0 amide bonds. The molecule has 0 spiro atoms. The number of hydrogen-bond donors (Lipinski definition) is 0. The number of benzene rings is 2. The predicted molar refractivity (Wildman–Crippen MR) is 175 cm³/mol. The third kappa shape index (κ3) is 2.26. The highest BCUT2D eigenvalue weighted by atomic mass is 15.4. The molecule has 0 atom stereocenters. The molecule has 15 rings (SSSR count). The van der Waals surface area contributed by atoms with Gasteiger partial charge in [0.1, 0.15) is 0 Å². The van der Waals surface area contributed by atoms with E-state index < -0.39 is 0 Å². The first-order chi connectivity index (χ1) is 21.8. The van der Waals surface area contributed by atoms with Crippen molar-refractivity contribution in [1.82, 2.24) is 24.5 Å². The summed E-state index contributed by atoms with van der Waals surface area (Å²) in [5, 5.41) is 13.2. The van der Waals surface area contributed by atoms with E-state index >= 15 is 0 Å². The molecule has 44 heavy (non-hydrogen) atoms. The Morgan fingerprint density at radius 2 is 1.20 bits per heavy atom. The van der Waals surface area contributed by atoms with Crippen molar-refractivity contribution in [3.63, 3.8) is 0 Å². The molecule has 0 radical (unpaired) electrons. The number of allylic oxidation sites excluding steroid dienone is 9. The van der Waals surface area contributed by atoms with Crippen molar-refractivity contribution in [3.8, 4) is 0 Å². The summed E-state index contributed by atoms with van der Waals surface area (Å²) in [5.74, 6) is 2.72. The molecule has 0 saturated heterocycles. The first-order valence-electron chi connectivity index (χ1n) is 17.0. The molecule has 2 aromatic carbocycles.